The second-order valence-electron chi connectivity index (χ2n) is 7.73. The number of carbonyl (C=O) groups is 1. The summed E-state index contributed by atoms with van der Waals surface area (Å²) in [5.74, 6) is -0.144. The molecule has 0 radical (unpaired) electrons. The molecule has 1 amide bonds. The van der Waals surface area contributed by atoms with Crippen molar-refractivity contribution in [3.05, 3.63) is 47.7 Å². The molecule has 0 saturated carbocycles. The number of carbonyl (C=O) groups excluding carboxylic acids is 1. The molecular formula is C22H27ClN4O3. The number of amides is 1. The van der Waals surface area contributed by atoms with Crippen LogP contribution in [0.5, 0.6) is 0 Å². The number of benzene rings is 1. The Balaban J connectivity index is 0.00000256. The largest absolute Gasteiger partial charge is 0.384 e. The molecule has 1 fully saturated rings. The highest BCUT2D eigenvalue weighted by Gasteiger charge is 2.33. The van der Waals surface area contributed by atoms with Crippen LogP contribution in [0.1, 0.15) is 28.9 Å². The first-order valence-electron chi connectivity index (χ1n) is 9.92. The molecule has 7 nitrogen and oxygen atoms in total. The summed E-state index contributed by atoms with van der Waals surface area (Å²) in [6.07, 6.45) is 1.93. The van der Waals surface area contributed by atoms with Crippen LogP contribution in [0.15, 0.2) is 40.9 Å². The number of hydrogen-bond acceptors (Lipinski definition) is 6. The van der Waals surface area contributed by atoms with E-state index in [1.807, 2.05) is 43.3 Å². The third-order valence-electron chi connectivity index (χ3n) is 5.67. The van der Waals surface area contributed by atoms with E-state index in [9.17, 15) is 4.79 Å². The van der Waals surface area contributed by atoms with Gasteiger partial charge in [-0.15, -0.1) is 12.4 Å². The second kappa shape index (κ2) is 9.55. The Morgan fingerprint density at radius 2 is 2.00 bits per heavy atom. The average molecular weight is 431 g/mol. The molecule has 0 bridgehead atoms. The highest BCUT2D eigenvalue weighted by Crippen LogP contribution is 2.30. The quantitative estimate of drug-likeness (QED) is 0.623. The number of aromatic nitrogens is 2. The van der Waals surface area contributed by atoms with E-state index in [1.54, 1.807) is 7.11 Å². The van der Waals surface area contributed by atoms with Gasteiger partial charge in [-0.1, -0.05) is 35.5 Å². The van der Waals surface area contributed by atoms with E-state index in [-0.39, 0.29) is 23.7 Å². The zero-order valence-corrected chi connectivity index (χ0v) is 18.1. The molecule has 2 N–H and O–H groups in total. The Morgan fingerprint density at radius 1 is 1.27 bits per heavy atom. The number of halogens is 1. The highest BCUT2D eigenvalue weighted by molar-refractivity contribution is 6.07. The number of methoxy groups -OCH3 is 1. The predicted octanol–water partition coefficient (Wildman–Crippen LogP) is 3.37. The lowest BCUT2D eigenvalue weighted by Crippen LogP contribution is -2.47. The number of piperidine rings is 1. The zero-order chi connectivity index (χ0) is 20.3. The molecule has 1 saturated heterocycles. The van der Waals surface area contributed by atoms with Crippen molar-refractivity contribution in [2.75, 3.05) is 33.4 Å². The maximum atomic E-state index is 13.2. The molecule has 1 aliphatic rings. The zero-order valence-electron chi connectivity index (χ0n) is 17.2. The maximum absolute atomic E-state index is 13.2. The summed E-state index contributed by atoms with van der Waals surface area (Å²) in [5, 5.41) is 11.2. The number of pyridine rings is 1. The van der Waals surface area contributed by atoms with Gasteiger partial charge in [-0.2, -0.15) is 0 Å². The van der Waals surface area contributed by atoms with Crippen LogP contribution < -0.4 is 10.6 Å². The SMILES string of the molecule is COCC1(CNC(=O)c2cc(-c3ccccc3)nc3onc(C)c23)CCNCC1.Cl. The van der Waals surface area contributed by atoms with E-state index in [2.05, 4.69) is 20.8 Å². The number of ether oxygens (including phenoxy) is 1. The fourth-order valence-corrected chi connectivity index (χ4v) is 4.03. The summed E-state index contributed by atoms with van der Waals surface area (Å²) in [6, 6.07) is 11.6. The fraction of sp³-hybridized carbons (Fsp3) is 0.409. The molecule has 1 aromatic carbocycles. The van der Waals surface area contributed by atoms with Gasteiger partial charge in [0.25, 0.3) is 11.6 Å². The van der Waals surface area contributed by atoms with Crippen molar-refractivity contribution in [1.29, 1.82) is 0 Å². The molecule has 0 atom stereocenters. The number of aryl methyl sites for hydroxylation is 1. The van der Waals surface area contributed by atoms with Crippen LogP contribution >= 0.6 is 12.4 Å². The summed E-state index contributed by atoms with van der Waals surface area (Å²) in [6.45, 7) is 4.88. The van der Waals surface area contributed by atoms with E-state index < -0.39 is 0 Å². The summed E-state index contributed by atoms with van der Waals surface area (Å²) in [4.78, 5) is 17.8. The minimum atomic E-state index is -0.144. The van der Waals surface area contributed by atoms with Crippen LogP contribution in [0, 0.1) is 12.3 Å². The molecule has 8 heteroatoms. The second-order valence-corrected chi connectivity index (χ2v) is 7.73. The first-order valence-corrected chi connectivity index (χ1v) is 9.92. The van der Waals surface area contributed by atoms with Gasteiger partial charge in [0, 0.05) is 24.6 Å². The van der Waals surface area contributed by atoms with Crippen molar-refractivity contribution in [3.8, 4) is 11.3 Å². The summed E-state index contributed by atoms with van der Waals surface area (Å²) in [5.41, 5.74) is 3.13. The lowest BCUT2D eigenvalue weighted by Gasteiger charge is -2.37. The first kappa shape index (κ1) is 22.2. The van der Waals surface area contributed by atoms with Crippen LogP contribution in [0.2, 0.25) is 0 Å². The van der Waals surface area contributed by atoms with Crippen LogP contribution in [0.25, 0.3) is 22.4 Å². The number of fused-ring (bicyclic) bond motifs is 1. The van der Waals surface area contributed by atoms with E-state index in [0.29, 0.717) is 41.2 Å². The Hall–Kier alpha value is -2.48. The molecule has 160 valence electrons. The van der Waals surface area contributed by atoms with E-state index >= 15 is 0 Å². The molecule has 3 aromatic rings. The van der Waals surface area contributed by atoms with Crippen LogP contribution in [0.3, 0.4) is 0 Å². The van der Waals surface area contributed by atoms with E-state index in [1.165, 1.54) is 0 Å². The first-order chi connectivity index (χ1) is 14.1. The molecule has 0 spiro atoms. The Kier molecular flexibility index (Phi) is 7.07. The minimum absolute atomic E-state index is 0. The van der Waals surface area contributed by atoms with Crippen molar-refractivity contribution in [2.24, 2.45) is 5.41 Å². The van der Waals surface area contributed by atoms with Gasteiger partial charge >= 0.3 is 0 Å². The number of nitrogens with one attached hydrogen (secondary N) is 2. The van der Waals surface area contributed by atoms with Crippen molar-refractivity contribution in [1.82, 2.24) is 20.8 Å². The molecule has 1 aliphatic heterocycles. The molecular weight excluding hydrogens is 404 g/mol. The lowest BCUT2D eigenvalue weighted by molar-refractivity contribution is 0.0512. The van der Waals surface area contributed by atoms with Gasteiger partial charge in [0.15, 0.2) is 0 Å². The summed E-state index contributed by atoms with van der Waals surface area (Å²) >= 11 is 0. The minimum Gasteiger partial charge on any atom is -0.384 e. The standard InChI is InChI=1S/C22H26N4O3.ClH/c1-15-19-17(20(27)24-13-22(14-28-2)8-10-23-11-9-22)12-18(25-21(19)29-26-15)16-6-4-3-5-7-16;/h3-7,12,23H,8-11,13-14H2,1-2H3,(H,24,27);1H. The van der Waals surface area contributed by atoms with Gasteiger partial charge in [-0.25, -0.2) is 4.98 Å². The van der Waals surface area contributed by atoms with Crippen molar-refractivity contribution < 1.29 is 14.1 Å². The van der Waals surface area contributed by atoms with Crippen molar-refractivity contribution >= 4 is 29.4 Å². The third-order valence-corrected chi connectivity index (χ3v) is 5.67. The topological polar surface area (TPSA) is 89.3 Å². The maximum Gasteiger partial charge on any atom is 0.259 e. The number of nitrogens with zero attached hydrogens (tertiary/aromatic N) is 2. The van der Waals surface area contributed by atoms with Gasteiger partial charge in [0.2, 0.25) is 0 Å². The predicted molar refractivity (Wildman–Crippen MR) is 118 cm³/mol. The average Bonchev–Trinajstić information content (AvgIpc) is 3.14. The van der Waals surface area contributed by atoms with Gasteiger partial charge in [0.1, 0.15) is 0 Å². The molecule has 0 unspecified atom stereocenters. The van der Waals surface area contributed by atoms with Gasteiger partial charge in [-0.05, 0) is 38.9 Å². The Morgan fingerprint density at radius 3 is 2.70 bits per heavy atom. The van der Waals surface area contributed by atoms with Crippen molar-refractivity contribution in [3.63, 3.8) is 0 Å². The molecule has 4 rings (SSSR count). The Bertz CT molecular complexity index is 995. The third kappa shape index (κ3) is 4.48. The Labute approximate surface area is 182 Å². The smallest absolute Gasteiger partial charge is 0.259 e. The highest BCUT2D eigenvalue weighted by atomic mass is 35.5. The van der Waals surface area contributed by atoms with Gasteiger partial charge < -0.3 is 19.9 Å². The normalized spacial score (nSPS) is 15.5. The number of hydrogen-bond donors (Lipinski definition) is 2. The van der Waals surface area contributed by atoms with E-state index in [0.717, 1.165) is 31.5 Å². The summed E-state index contributed by atoms with van der Waals surface area (Å²) < 4.78 is 10.8. The summed E-state index contributed by atoms with van der Waals surface area (Å²) in [7, 11) is 1.71. The van der Waals surface area contributed by atoms with Crippen molar-refractivity contribution in [2.45, 2.75) is 19.8 Å². The molecule has 2 aromatic heterocycles. The van der Waals surface area contributed by atoms with Gasteiger partial charge in [-0.3, -0.25) is 4.79 Å². The van der Waals surface area contributed by atoms with Gasteiger partial charge in [0.05, 0.1) is 28.9 Å². The van der Waals surface area contributed by atoms with Crippen LogP contribution in [-0.4, -0.2) is 49.4 Å². The molecule has 0 aliphatic carbocycles. The van der Waals surface area contributed by atoms with Crippen LogP contribution in [-0.2, 0) is 4.74 Å². The molecule has 3 heterocycles. The lowest BCUT2D eigenvalue weighted by atomic mass is 9.79. The molecule has 30 heavy (non-hydrogen) atoms. The van der Waals surface area contributed by atoms with E-state index in [4.69, 9.17) is 9.26 Å². The van der Waals surface area contributed by atoms with Crippen LogP contribution in [0.4, 0.5) is 0 Å². The number of rotatable bonds is 6. The monoisotopic (exact) mass is 430 g/mol. The fourth-order valence-electron chi connectivity index (χ4n) is 4.03.